The lowest BCUT2D eigenvalue weighted by Gasteiger charge is -2.12. The molecule has 1 heterocycles. The average Bonchev–Trinajstić information content (AvgIpc) is 2.60. The van der Waals surface area contributed by atoms with Crippen molar-refractivity contribution in [3.63, 3.8) is 0 Å². The molecule has 6 nitrogen and oxygen atoms in total. The molecule has 2 aromatic rings. The van der Waals surface area contributed by atoms with Crippen molar-refractivity contribution in [1.29, 1.82) is 0 Å². The zero-order valence-corrected chi connectivity index (χ0v) is 15.0. The number of amides is 1. The van der Waals surface area contributed by atoms with E-state index in [2.05, 4.69) is 5.32 Å². The number of halogens is 1. The summed E-state index contributed by atoms with van der Waals surface area (Å²) in [6, 6.07) is 8.53. The molecule has 0 saturated heterocycles. The first-order valence-electron chi connectivity index (χ1n) is 7.87. The third-order valence-electron chi connectivity index (χ3n) is 3.59. The van der Waals surface area contributed by atoms with Gasteiger partial charge in [-0.25, -0.2) is 0 Å². The minimum absolute atomic E-state index is 0.165. The number of ether oxygens (including phenoxy) is 2. The van der Waals surface area contributed by atoms with Crippen LogP contribution in [0.3, 0.4) is 0 Å². The standard InChI is InChI=1S/C18H21ClN2O4/c1-21-11-17(25-12-13-6-3-4-7-14(13)19)16(22)10-15(21)18(23)20-8-5-9-24-2/h3-4,6-7,10-11H,5,8-9,12H2,1-2H3,(H,20,23). The quantitative estimate of drug-likeness (QED) is 0.730. The van der Waals surface area contributed by atoms with E-state index in [-0.39, 0.29) is 29.4 Å². The van der Waals surface area contributed by atoms with E-state index in [4.69, 9.17) is 21.1 Å². The molecule has 1 aromatic carbocycles. The molecule has 2 rings (SSSR count). The number of methoxy groups -OCH3 is 1. The first-order chi connectivity index (χ1) is 12.0. The molecule has 0 unspecified atom stereocenters. The van der Waals surface area contributed by atoms with Crippen molar-refractivity contribution in [2.24, 2.45) is 7.05 Å². The average molecular weight is 365 g/mol. The number of nitrogens with zero attached hydrogens (tertiary/aromatic N) is 1. The van der Waals surface area contributed by atoms with E-state index in [0.717, 1.165) is 5.56 Å². The molecule has 0 spiro atoms. The van der Waals surface area contributed by atoms with E-state index >= 15 is 0 Å². The molecule has 0 radical (unpaired) electrons. The zero-order valence-electron chi connectivity index (χ0n) is 14.3. The maximum atomic E-state index is 12.2. The second-order valence-electron chi connectivity index (χ2n) is 5.48. The highest BCUT2D eigenvalue weighted by Gasteiger charge is 2.12. The van der Waals surface area contributed by atoms with Gasteiger partial charge < -0.3 is 19.4 Å². The van der Waals surface area contributed by atoms with Gasteiger partial charge in [0.2, 0.25) is 5.43 Å². The van der Waals surface area contributed by atoms with Crippen molar-refractivity contribution >= 4 is 17.5 Å². The summed E-state index contributed by atoms with van der Waals surface area (Å²) in [7, 11) is 3.29. The molecule has 25 heavy (non-hydrogen) atoms. The van der Waals surface area contributed by atoms with E-state index in [1.54, 1.807) is 24.8 Å². The predicted octanol–water partition coefficient (Wildman–Crippen LogP) is 2.38. The maximum Gasteiger partial charge on any atom is 0.268 e. The molecule has 1 amide bonds. The number of aromatic nitrogens is 1. The van der Waals surface area contributed by atoms with Crippen molar-refractivity contribution in [3.05, 3.63) is 63.0 Å². The molecule has 0 aliphatic rings. The first kappa shape index (κ1) is 19.0. The minimum Gasteiger partial charge on any atom is -0.483 e. The molecular weight excluding hydrogens is 344 g/mol. The second-order valence-corrected chi connectivity index (χ2v) is 5.89. The van der Waals surface area contributed by atoms with Crippen molar-refractivity contribution in [3.8, 4) is 5.75 Å². The Morgan fingerprint density at radius 3 is 2.80 bits per heavy atom. The lowest BCUT2D eigenvalue weighted by molar-refractivity contribution is 0.0939. The molecule has 0 bridgehead atoms. The highest BCUT2D eigenvalue weighted by Crippen LogP contribution is 2.17. The van der Waals surface area contributed by atoms with Crippen molar-refractivity contribution in [2.45, 2.75) is 13.0 Å². The lowest BCUT2D eigenvalue weighted by Crippen LogP contribution is -2.29. The van der Waals surface area contributed by atoms with Crippen LogP contribution in [0.2, 0.25) is 5.02 Å². The molecule has 1 aromatic heterocycles. The van der Waals surface area contributed by atoms with Crippen LogP contribution < -0.4 is 15.5 Å². The Bertz CT molecular complexity index is 789. The maximum absolute atomic E-state index is 12.2. The van der Waals surface area contributed by atoms with Crippen LogP contribution in [-0.4, -0.2) is 30.7 Å². The van der Waals surface area contributed by atoms with Crippen LogP contribution >= 0.6 is 11.6 Å². The Kier molecular flexibility index (Phi) is 7.03. The summed E-state index contributed by atoms with van der Waals surface area (Å²) in [5, 5.41) is 3.33. The number of hydrogen-bond acceptors (Lipinski definition) is 4. The predicted molar refractivity (Wildman–Crippen MR) is 96.3 cm³/mol. The van der Waals surface area contributed by atoms with Crippen molar-refractivity contribution in [2.75, 3.05) is 20.3 Å². The van der Waals surface area contributed by atoms with Crippen LogP contribution in [0.15, 0.2) is 41.3 Å². The number of aryl methyl sites for hydroxylation is 1. The molecule has 0 fully saturated rings. The van der Waals surface area contributed by atoms with Crippen LogP contribution in [-0.2, 0) is 18.4 Å². The Balaban J connectivity index is 2.05. The Labute approximate surface area is 151 Å². The van der Waals surface area contributed by atoms with Gasteiger partial charge in [-0.05, 0) is 12.5 Å². The fraction of sp³-hybridized carbons (Fsp3) is 0.333. The van der Waals surface area contributed by atoms with Gasteiger partial charge in [-0.1, -0.05) is 29.8 Å². The van der Waals surface area contributed by atoms with Gasteiger partial charge >= 0.3 is 0 Å². The monoisotopic (exact) mass is 364 g/mol. The van der Waals surface area contributed by atoms with Crippen LogP contribution in [0.1, 0.15) is 22.5 Å². The Hall–Kier alpha value is -2.31. The van der Waals surface area contributed by atoms with E-state index in [1.807, 2.05) is 18.2 Å². The molecule has 7 heteroatoms. The molecule has 0 atom stereocenters. The molecule has 1 N–H and O–H groups in total. The van der Waals surface area contributed by atoms with Gasteiger partial charge in [0.15, 0.2) is 5.75 Å². The Morgan fingerprint density at radius 1 is 1.32 bits per heavy atom. The number of rotatable bonds is 8. The molecule has 0 saturated carbocycles. The highest BCUT2D eigenvalue weighted by atomic mass is 35.5. The van der Waals surface area contributed by atoms with Gasteiger partial charge in [-0.15, -0.1) is 0 Å². The summed E-state index contributed by atoms with van der Waals surface area (Å²) < 4.78 is 12.1. The summed E-state index contributed by atoms with van der Waals surface area (Å²) in [4.78, 5) is 24.4. The topological polar surface area (TPSA) is 69.6 Å². The molecule has 0 aliphatic carbocycles. The van der Waals surface area contributed by atoms with E-state index in [1.165, 1.54) is 12.3 Å². The second kappa shape index (κ2) is 9.25. The fourth-order valence-corrected chi connectivity index (χ4v) is 2.41. The lowest BCUT2D eigenvalue weighted by atomic mass is 10.2. The van der Waals surface area contributed by atoms with Gasteiger partial charge in [-0.3, -0.25) is 9.59 Å². The summed E-state index contributed by atoms with van der Waals surface area (Å²) in [6.07, 6.45) is 2.21. The minimum atomic E-state index is -0.354. The number of benzene rings is 1. The van der Waals surface area contributed by atoms with Crippen molar-refractivity contribution < 1.29 is 14.3 Å². The first-order valence-corrected chi connectivity index (χ1v) is 8.24. The third kappa shape index (κ3) is 5.34. The zero-order chi connectivity index (χ0) is 18.2. The SMILES string of the molecule is COCCCNC(=O)c1cc(=O)c(OCc2ccccc2Cl)cn1C. The summed E-state index contributed by atoms with van der Waals surface area (Å²) in [5.74, 6) is -0.147. The van der Waals surface area contributed by atoms with Crippen LogP contribution in [0.5, 0.6) is 5.75 Å². The number of carbonyl (C=O) groups excluding carboxylic acids is 1. The van der Waals surface area contributed by atoms with E-state index in [9.17, 15) is 9.59 Å². The van der Waals surface area contributed by atoms with Crippen molar-refractivity contribution in [1.82, 2.24) is 9.88 Å². The highest BCUT2D eigenvalue weighted by molar-refractivity contribution is 6.31. The van der Waals surface area contributed by atoms with Gasteiger partial charge in [0.05, 0.1) is 6.20 Å². The summed E-state index contributed by atoms with van der Waals surface area (Å²) >= 11 is 6.07. The molecular formula is C18H21ClN2O4. The summed E-state index contributed by atoms with van der Waals surface area (Å²) in [6.45, 7) is 1.22. The van der Waals surface area contributed by atoms with Crippen LogP contribution in [0.25, 0.3) is 0 Å². The number of carbonyl (C=O) groups is 1. The summed E-state index contributed by atoms with van der Waals surface area (Å²) in [5.41, 5.74) is 0.700. The number of nitrogens with one attached hydrogen (secondary N) is 1. The van der Waals surface area contributed by atoms with Gasteiger partial charge in [0.1, 0.15) is 12.3 Å². The largest absolute Gasteiger partial charge is 0.483 e. The number of pyridine rings is 1. The van der Waals surface area contributed by atoms with E-state index in [0.29, 0.717) is 24.6 Å². The molecule has 134 valence electrons. The third-order valence-corrected chi connectivity index (χ3v) is 3.95. The van der Waals surface area contributed by atoms with Crippen LogP contribution in [0, 0.1) is 0 Å². The normalized spacial score (nSPS) is 10.5. The van der Waals surface area contributed by atoms with Gasteiger partial charge in [0.25, 0.3) is 5.91 Å². The smallest absolute Gasteiger partial charge is 0.268 e. The Morgan fingerprint density at radius 2 is 2.08 bits per heavy atom. The van der Waals surface area contributed by atoms with Crippen LogP contribution in [0.4, 0.5) is 0 Å². The van der Waals surface area contributed by atoms with E-state index < -0.39 is 0 Å². The fourth-order valence-electron chi connectivity index (χ4n) is 2.22. The number of hydrogen-bond donors (Lipinski definition) is 1. The van der Waals surface area contributed by atoms with Gasteiger partial charge in [-0.2, -0.15) is 0 Å². The van der Waals surface area contributed by atoms with Gasteiger partial charge in [0, 0.05) is 44.0 Å². The molecule has 0 aliphatic heterocycles.